The summed E-state index contributed by atoms with van der Waals surface area (Å²) in [5, 5.41) is 6.57. The number of halogens is 1. The predicted octanol–water partition coefficient (Wildman–Crippen LogP) is 3.07. The SMILES string of the molecule is O=C(NCc1ccc(Cl)cc1)c1ccnc(NCc2cccnc2)n1. The van der Waals surface area contributed by atoms with Crippen LogP contribution < -0.4 is 10.6 Å². The number of nitrogens with zero attached hydrogens (tertiary/aromatic N) is 3. The molecule has 25 heavy (non-hydrogen) atoms. The van der Waals surface area contributed by atoms with Crippen molar-refractivity contribution in [1.82, 2.24) is 20.3 Å². The molecule has 126 valence electrons. The third kappa shape index (κ3) is 4.99. The first-order valence-corrected chi connectivity index (χ1v) is 8.07. The van der Waals surface area contributed by atoms with E-state index in [2.05, 4.69) is 25.6 Å². The van der Waals surface area contributed by atoms with Crippen molar-refractivity contribution in [2.45, 2.75) is 13.1 Å². The van der Waals surface area contributed by atoms with Crippen molar-refractivity contribution in [3.05, 3.63) is 82.9 Å². The van der Waals surface area contributed by atoms with Crippen LogP contribution in [0.3, 0.4) is 0 Å². The molecular weight excluding hydrogens is 338 g/mol. The average molecular weight is 354 g/mol. The van der Waals surface area contributed by atoms with E-state index in [-0.39, 0.29) is 5.91 Å². The number of anilines is 1. The molecule has 0 aliphatic heterocycles. The summed E-state index contributed by atoms with van der Waals surface area (Å²) in [5.74, 6) is 0.129. The molecule has 0 atom stereocenters. The zero-order valence-electron chi connectivity index (χ0n) is 13.3. The molecule has 7 heteroatoms. The Kier molecular flexibility index (Phi) is 5.53. The number of pyridine rings is 1. The van der Waals surface area contributed by atoms with Crippen LogP contribution in [0, 0.1) is 0 Å². The lowest BCUT2D eigenvalue weighted by Crippen LogP contribution is -2.24. The molecule has 1 amide bonds. The van der Waals surface area contributed by atoms with Crippen molar-refractivity contribution in [3.63, 3.8) is 0 Å². The van der Waals surface area contributed by atoms with Crippen LogP contribution in [0.1, 0.15) is 21.6 Å². The fourth-order valence-electron chi connectivity index (χ4n) is 2.13. The Balaban J connectivity index is 1.58. The number of carbonyl (C=O) groups is 1. The van der Waals surface area contributed by atoms with Crippen molar-refractivity contribution in [1.29, 1.82) is 0 Å². The molecule has 6 nitrogen and oxygen atoms in total. The van der Waals surface area contributed by atoms with E-state index < -0.39 is 0 Å². The Morgan fingerprint density at radius 1 is 1.00 bits per heavy atom. The van der Waals surface area contributed by atoms with E-state index in [4.69, 9.17) is 11.6 Å². The van der Waals surface area contributed by atoms with Gasteiger partial charge in [0.15, 0.2) is 0 Å². The second-order valence-electron chi connectivity index (χ2n) is 5.29. The van der Waals surface area contributed by atoms with Crippen LogP contribution in [0.5, 0.6) is 0 Å². The molecule has 0 saturated carbocycles. The van der Waals surface area contributed by atoms with E-state index in [1.165, 1.54) is 0 Å². The maximum absolute atomic E-state index is 12.2. The number of nitrogens with one attached hydrogen (secondary N) is 2. The molecule has 0 aliphatic carbocycles. The standard InChI is InChI=1S/C18H16ClN5O/c19-15-5-3-13(4-6-15)11-22-17(25)16-7-9-21-18(24-16)23-12-14-2-1-8-20-10-14/h1-10H,11-12H2,(H,22,25)(H,21,23,24). The molecule has 3 rings (SSSR count). The monoisotopic (exact) mass is 353 g/mol. The number of hydrogen-bond donors (Lipinski definition) is 2. The predicted molar refractivity (Wildman–Crippen MR) is 96.2 cm³/mol. The van der Waals surface area contributed by atoms with E-state index in [1.807, 2.05) is 24.3 Å². The van der Waals surface area contributed by atoms with Crippen LogP contribution in [-0.2, 0) is 13.1 Å². The third-order valence-corrected chi connectivity index (χ3v) is 3.68. The lowest BCUT2D eigenvalue weighted by Gasteiger charge is -2.07. The Morgan fingerprint density at radius 3 is 2.60 bits per heavy atom. The van der Waals surface area contributed by atoms with Crippen molar-refractivity contribution in [2.75, 3.05) is 5.32 Å². The average Bonchev–Trinajstić information content (AvgIpc) is 2.67. The third-order valence-electron chi connectivity index (χ3n) is 3.43. The summed E-state index contributed by atoms with van der Waals surface area (Å²) in [5.41, 5.74) is 2.27. The molecule has 0 aliphatic rings. The lowest BCUT2D eigenvalue weighted by molar-refractivity contribution is 0.0946. The van der Waals surface area contributed by atoms with Crippen LogP contribution in [0.2, 0.25) is 5.02 Å². The van der Waals surface area contributed by atoms with E-state index in [1.54, 1.807) is 36.8 Å². The highest BCUT2D eigenvalue weighted by Gasteiger charge is 2.08. The van der Waals surface area contributed by atoms with Gasteiger partial charge < -0.3 is 10.6 Å². The first-order chi connectivity index (χ1) is 12.2. The molecule has 2 heterocycles. The van der Waals surface area contributed by atoms with Gasteiger partial charge in [-0.05, 0) is 35.4 Å². The second-order valence-corrected chi connectivity index (χ2v) is 5.73. The molecule has 0 radical (unpaired) electrons. The minimum absolute atomic E-state index is 0.262. The van der Waals surface area contributed by atoms with Crippen LogP contribution in [0.4, 0.5) is 5.95 Å². The molecule has 2 aromatic heterocycles. The zero-order valence-corrected chi connectivity index (χ0v) is 14.1. The van der Waals surface area contributed by atoms with Gasteiger partial charge in [0, 0.05) is 36.7 Å². The highest BCUT2D eigenvalue weighted by Crippen LogP contribution is 2.09. The van der Waals surface area contributed by atoms with Crippen molar-refractivity contribution >= 4 is 23.5 Å². The number of aromatic nitrogens is 3. The minimum atomic E-state index is -0.262. The van der Waals surface area contributed by atoms with Gasteiger partial charge in [0.25, 0.3) is 5.91 Å². The molecule has 0 unspecified atom stereocenters. The minimum Gasteiger partial charge on any atom is -0.350 e. The first kappa shape index (κ1) is 16.9. The van der Waals surface area contributed by atoms with Gasteiger partial charge in [0.2, 0.25) is 5.95 Å². The molecule has 1 aromatic carbocycles. The van der Waals surface area contributed by atoms with Gasteiger partial charge in [-0.3, -0.25) is 9.78 Å². The Bertz CT molecular complexity index is 840. The highest BCUT2D eigenvalue weighted by molar-refractivity contribution is 6.30. The summed E-state index contributed by atoms with van der Waals surface area (Å²) in [6.07, 6.45) is 5.02. The number of benzene rings is 1. The number of hydrogen-bond acceptors (Lipinski definition) is 5. The molecule has 0 saturated heterocycles. The largest absolute Gasteiger partial charge is 0.350 e. The molecule has 0 bridgehead atoms. The number of amides is 1. The first-order valence-electron chi connectivity index (χ1n) is 7.69. The molecule has 0 spiro atoms. The van der Waals surface area contributed by atoms with Gasteiger partial charge in [-0.1, -0.05) is 29.8 Å². The van der Waals surface area contributed by atoms with Crippen LogP contribution in [0.25, 0.3) is 0 Å². The normalized spacial score (nSPS) is 10.3. The fraction of sp³-hybridized carbons (Fsp3) is 0.111. The summed E-state index contributed by atoms with van der Waals surface area (Å²) in [6, 6.07) is 12.7. The zero-order chi connectivity index (χ0) is 17.5. The van der Waals surface area contributed by atoms with E-state index in [0.29, 0.717) is 29.8 Å². The van der Waals surface area contributed by atoms with E-state index >= 15 is 0 Å². The Hall–Kier alpha value is -2.99. The number of carbonyl (C=O) groups excluding carboxylic acids is 1. The van der Waals surface area contributed by atoms with Crippen molar-refractivity contribution in [2.24, 2.45) is 0 Å². The summed E-state index contributed by atoms with van der Waals surface area (Å²) >= 11 is 5.85. The van der Waals surface area contributed by atoms with Crippen molar-refractivity contribution < 1.29 is 4.79 Å². The fourth-order valence-corrected chi connectivity index (χ4v) is 2.26. The summed E-state index contributed by atoms with van der Waals surface area (Å²) in [6.45, 7) is 0.933. The van der Waals surface area contributed by atoms with Crippen molar-refractivity contribution in [3.8, 4) is 0 Å². The summed E-state index contributed by atoms with van der Waals surface area (Å²) in [7, 11) is 0. The molecule has 3 aromatic rings. The van der Waals surface area contributed by atoms with Crippen LogP contribution in [-0.4, -0.2) is 20.9 Å². The molecule has 0 fully saturated rings. The van der Waals surface area contributed by atoms with Gasteiger partial charge in [0.05, 0.1) is 0 Å². The Labute approximate surface area is 150 Å². The second kappa shape index (κ2) is 8.21. The van der Waals surface area contributed by atoms with Gasteiger partial charge in [-0.15, -0.1) is 0 Å². The maximum atomic E-state index is 12.2. The Morgan fingerprint density at radius 2 is 1.84 bits per heavy atom. The van der Waals surface area contributed by atoms with Gasteiger partial charge in [-0.2, -0.15) is 0 Å². The highest BCUT2D eigenvalue weighted by atomic mass is 35.5. The lowest BCUT2D eigenvalue weighted by atomic mass is 10.2. The molecule has 2 N–H and O–H groups in total. The quantitative estimate of drug-likeness (QED) is 0.712. The maximum Gasteiger partial charge on any atom is 0.270 e. The number of rotatable bonds is 6. The van der Waals surface area contributed by atoms with Crippen LogP contribution >= 0.6 is 11.6 Å². The smallest absolute Gasteiger partial charge is 0.270 e. The summed E-state index contributed by atoms with van der Waals surface area (Å²) < 4.78 is 0. The topological polar surface area (TPSA) is 79.8 Å². The van der Waals surface area contributed by atoms with E-state index in [0.717, 1.165) is 11.1 Å². The summed E-state index contributed by atoms with van der Waals surface area (Å²) in [4.78, 5) is 24.7. The van der Waals surface area contributed by atoms with Gasteiger partial charge in [-0.25, -0.2) is 9.97 Å². The van der Waals surface area contributed by atoms with Crippen LogP contribution in [0.15, 0.2) is 61.1 Å². The van der Waals surface area contributed by atoms with Gasteiger partial charge in [0.1, 0.15) is 5.69 Å². The molecular formula is C18H16ClN5O. The van der Waals surface area contributed by atoms with E-state index in [9.17, 15) is 4.79 Å². The van der Waals surface area contributed by atoms with Gasteiger partial charge >= 0.3 is 0 Å².